The standard InChI is InChI=1S/C16H21F3N2/c1-12-10-20-9-3-2-4-15(20)11-21(12)14-7-5-13(6-8-14)16(17,18)19/h5-8,12,15H,2-4,9-11H2,1H3. The summed E-state index contributed by atoms with van der Waals surface area (Å²) in [5.41, 5.74) is 0.330. The molecule has 2 atom stereocenters. The van der Waals surface area contributed by atoms with Crippen molar-refractivity contribution in [3.8, 4) is 0 Å². The molecule has 0 aromatic heterocycles. The Labute approximate surface area is 123 Å². The van der Waals surface area contributed by atoms with Crippen molar-refractivity contribution < 1.29 is 13.2 Å². The molecule has 0 amide bonds. The summed E-state index contributed by atoms with van der Waals surface area (Å²) >= 11 is 0. The number of anilines is 1. The minimum absolute atomic E-state index is 0.344. The maximum Gasteiger partial charge on any atom is 0.416 e. The highest BCUT2D eigenvalue weighted by molar-refractivity contribution is 5.49. The Morgan fingerprint density at radius 1 is 1.05 bits per heavy atom. The molecular formula is C16H21F3N2. The third kappa shape index (κ3) is 3.03. The van der Waals surface area contributed by atoms with E-state index in [2.05, 4.69) is 16.7 Å². The summed E-state index contributed by atoms with van der Waals surface area (Å²) in [5.74, 6) is 0. The summed E-state index contributed by atoms with van der Waals surface area (Å²) in [7, 11) is 0. The van der Waals surface area contributed by atoms with Crippen LogP contribution in [-0.2, 0) is 6.18 Å². The zero-order valence-corrected chi connectivity index (χ0v) is 12.2. The first-order chi connectivity index (χ1) is 9.95. The Balaban J connectivity index is 1.76. The quantitative estimate of drug-likeness (QED) is 0.779. The van der Waals surface area contributed by atoms with Gasteiger partial charge in [0.05, 0.1) is 5.56 Å². The lowest BCUT2D eigenvalue weighted by Crippen LogP contribution is -2.58. The molecule has 1 aromatic rings. The Hall–Kier alpha value is -1.23. The van der Waals surface area contributed by atoms with E-state index in [0.717, 1.165) is 25.3 Å². The average molecular weight is 298 g/mol. The SMILES string of the molecule is CC1CN2CCCCC2CN1c1ccc(C(F)(F)F)cc1. The molecule has 0 aliphatic carbocycles. The molecule has 0 N–H and O–H groups in total. The van der Waals surface area contributed by atoms with E-state index in [9.17, 15) is 13.2 Å². The maximum absolute atomic E-state index is 12.6. The number of rotatable bonds is 1. The molecule has 5 heteroatoms. The third-order valence-corrected chi connectivity index (χ3v) is 4.71. The largest absolute Gasteiger partial charge is 0.416 e. The van der Waals surface area contributed by atoms with Crippen LogP contribution in [0.15, 0.2) is 24.3 Å². The summed E-state index contributed by atoms with van der Waals surface area (Å²) < 4.78 is 37.9. The lowest BCUT2D eigenvalue weighted by Gasteiger charge is -2.48. The average Bonchev–Trinajstić information content (AvgIpc) is 2.46. The van der Waals surface area contributed by atoms with Gasteiger partial charge in [0, 0.05) is 30.9 Å². The van der Waals surface area contributed by atoms with Crippen LogP contribution in [0, 0.1) is 0 Å². The van der Waals surface area contributed by atoms with E-state index in [1.807, 2.05) is 0 Å². The number of nitrogens with zero attached hydrogens (tertiary/aromatic N) is 2. The number of halogens is 3. The molecule has 0 spiro atoms. The summed E-state index contributed by atoms with van der Waals surface area (Å²) in [4.78, 5) is 4.79. The van der Waals surface area contributed by atoms with Crippen molar-refractivity contribution in [2.45, 2.75) is 44.4 Å². The first-order valence-electron chi connectivity index (χ1n) is 7.63. The molecule has 1 aromatic carbocycles. The van der Waals surface area contributed by atoms with Gasteiger partial charge < -0.3 is 4.90 Å². The molecule has 2 aliphatic heterocycles. The Bertz CT molecular complexity index is 483. The van der Waals surface area contributed by atoms with Crippen LogP contribution in [0.2, 0.25) is 0 Å². The monoisotopic (exact) mass is 298 g/mol. The molecule has 2 heterocycles. The highest BCUT2D eigenvalue weighted by Gasteiger charge is 2.34. The van der Waals surface area contributed by atoms with Crippen LogP contribution in [0.3, 0.4) is 0 Å². The summed E-state index contributed by atoms with van der Waals surface area (Å²) in [6.07, 6.45) is -0.532. The van der Waals surface area contributed by atoms with Gasteiger partial charge in [0.1, 0.15) is 0 Å². The molecule has 2 fully saturated rings. The predicted molar refractivity (Wildman–Crippen MR) is 77.5 cm³/mol. The number of piperidine rings is 1. The number of hydrogen-bond acceptors (Lipinski definition) is 2. The van der Waals surface area contributed by atoms with Crippen molar-refractivity contribution in [1.29, 1.82) is 0 Å². The van der Waals surface area contributed by atoms with Crippen LogP contribution in [0.25, 0.3) is 0 Å². The molecule has 21 heavy (non-hydrogen) atoms. The fraction of sp³-hybridized carbons (Fsp3) is 0.625. The molecule has 0 radical (unpaired) electrons. The van der Waals surface area contributed by atoms with Crippen molar-refractivity contribution in [3.63, 3.8) is 0 Å². The molecule has 2 saturated heterocycles. The van der Waals surface area contributed by atoms with Crippen LogP contribution in [0.4, 0.5) is 18.9 Å². The minimum atomic E-state index is -4.26. The fourth-order valence-electron chi connectivity index (χ4n) is 3.55. The lowest BCUT2D eigenvalue weighted by molar-refractivity contribution is -0.137. The van der Waals surface area contributed by atoms with E-state index < -0.39 is 11.7 Å². The number of alkyl halides is 3. The van der Waals surface area contributed by atoms with E-state index in [-0.39, 0.29) is 0 Å². The maximum atomic E-state index is 12.6. The lowest BCUT2D eigenvalue weighted by atomic mass is 9.96. The molecule has 0 saturated carbocycles. The van der Waals surface area contributed by atoms with E-state index in [1.54, 1.807) is 12.1 Å². The zero-order valence-electron chi connectivity index (χ0n) is 12.2. The van der Waals surface area contributed by atoms with E-state index in [0.29, 0.717) is 12.1 Å². The highest BCUT2D eigenvalue weighted by Crippen LogP contribution is 2.32. The van der Waals surface area contributed by atoms with Crippen molar-refractivity contribution in [2.75, 3.05) is 24.5 Å². The van der Waals surface area contributed by atoms with Gasteiger partial charge in [0.2, 0.25) is 0 Å². The molecule has 0 bridgehead atoms. The Morgan fingerprint density at radius 2 is 1.76 bits per heavy atom. The van der Waals surface area contributed by atoms with Gasteiger partial charge in [-0.3, -0.25) is 4.90 Å². The second kappa shape index (κ2) is 5.52. The summed E-state index contributed by atoms with van der Waals surface area (Å²) in [6.45, 7) is 5.25. The normalized spacial score (nSPS) is 27.5. The van der Waals surface area contributed by atoms with E-state index >= 15 is 0 Å². The van der Waals surface area contributed by atoms with Crippen LogP contribution < -0.4 is 4.90 Å². The van der Waals surface area contributed by atoms with Crippen LogP contribution in [0.1, 0.15) is 31.7 Å². The summed E-state index contributed by atoms with van der Waals surface area (Å²) in [6, 6.07) is 6.49. The van der Waals surface area contributed by atoms with Gasteiger partial charge in [-0.15, -0.1) is 0 Å². The van der Waals surface area contributed by atoms with Gasteiger partial charge in [-0.25, -0.2) is 0 Å². The van der Waals surface area contributed by atoms with Gasteiger partial charge in [0.15, 0.2) is 0 Å². The predicted octanol–water partition coefficient (Wildman–Crippen LogP) is 3.77. The van der Waals surface area contributed by atoms with Gasteiger partial charge in [0.25, 0.3) is 0 Å². The number of fused-ring (bicyclic) bond motifs is 1. The number of benzene rings is 1. The van der Waals surface area contributed by atoms with Crippen molar-refractivity contribution in [3.05, 3.63) is 29.8 Å². The molecule has 2 nitrogen and oxygen atoms in total. The molecule has 3 rings (SSSR count). The minimum Gasteiger partial charge on any atom is -0.366 e. The third-order valence-electron chi connectivity index (χ3n) is 4.71. The van der Waals surface area contributed by atoms with Gasteiger partial charge in [-0.2, -0.15) is 13.2 Å². The van der Waals surface area contributed by atoms with Gasteiger partial charge >= 0.3 is 6.18 Å². The topological polar surface area (TPSA) is 6.48 Å². The molecular weight excluding hydrogens is 277 g/mol. The number of piperazine rings is 1. The summed E-state index contributed by atoms with van der Waals surface area (Å²) in [5, 5.41) is 0. The van der Waals surface area contributed by atoms with Crippen molar-refractivity contribution in [2.24, 2.45) is 0 Å². The van der Waals surface area contributed by atoms with Crippen molar-refractivity contribution >= 4 is 5.69 Å². The van der Waals surface area contributed by atoms with Crippen LogP contribution in [-0.4, -0.2) is 36.6 Å². The van der Waals surface area contributed by atoms with Crippen LogP contribution >= 0.6 is 0 Å². The molecule has 2 aliphatic rings. The smallest absolute Gasteiger partial charge is 0.366 e. The zero-order chi connectivity index (χ0) is 15.0. The Morgan fingerprint density at radius 3 is 2.43 bits per heavy atom. The number of hydrogen-bond donors (Lipinski definition) is 0. The van der Waals surface area contributed by atoms with E-state index in [1.165, 1.54) is 31.4 Å². The highest BCUT2D eigenvalue weighted by atomic mass is 19.4. The second-order valence-corrected chi connectivity index (χ2v) is 6.19. The first kappa shape index (κ1) is 14.7. The second-order valence-electron chi connectivity index (χ2n) is 6.19. The van der Waals surface area contributed by atoms with Gasteiger partial charge in [-0.1, -0.05) is 6.42 Å². The fourth-order valence-corrected chi connectivity index (χ4v) is 3.55. The van der Waals surface area contributed by atoms with Gasteiger partial charge in [-0.05, 0) is 50.6 Å². The van der Waals surface area contributed by atoms with Crippen LogP contribution in [0.5, 0.6) is 0 Å². The Kier molecular flexibility index (Phi) is 3.86. The molecule has 2 unspecified atom stereocenters. The first-order valence-corrected chi connectivity index (χ1v) is 7.63. The van der Waals surface area contributed by atoms with E-state index in [4.69, 9.17) is 0 Å². The molecule has 116 valence electrons. The van der Waals surface area contributed by atoms with Crippen molar-refractivity contribution in [1.82, 2.24) is 4.90 Å².